The molecule has 3 aromatic rings. The van der Waals surface area contributed by atoms with Gasteiger partial charge in [-0.3, -0.25) is 33.8 Å². The number of pyridine rings is 1. The molecular weight excluding hydrogens is 1100 g/mol. The van der Waals surface area contributed by atoms with Crippen LogP contribution in [0, 0.1) is 43.3 Å². The normalized spacial score (nSPS) is 30.0. The van der Waals surface area contributed by atoms with E-state index in [-0.39, 0.29) is 118 Å². The van der Waals surface area contributed by atoms with E-state index in [1.807, 2.05) is 4.57 Å². The summed E-state index contributed by atoms with van der Waals surface area (Å²) in [6, 6.07) is 0.963. The molecule has 5 bridgehead atoms. The molecule has 83 heavy (non-hydrogen) atoms. The van der Waals surface area contributed by atoms with Crippen molar-refractivity contribution >= 4 is 63.3 Å². The second kappa shape index (κ2) is 24.4. The Balaban J connectivity index is 1.08. The van der Waals surface area contributed by atoms with Crippen LogP contribution in [-0.4, -0.2) is 149 Å². The number of aromatic hydroxyl groups is 1. The number of allylic oxidation sites excluding steroid dienone is 4. The molecular formula is C61H74ClFN6O14. The van der Waals surface area contributed by atoms with E-state index in [1.165, 1.54) is 53.2 Å². The van der Waals surface area contributed by atoms with Crippen LogP contribution < -0.4 is 25.7 Å². The molecule has 6 heterocycles. The highest BCUT2D eigenvalue weighted by molar-refractivity contribution is 6.38. The van der Waals surface area contributed by atoms with Crippen LogP contribution in [0.1, 0.15) is 118 Å². The molecule has 0 radical (unpaired) electrons. The fourth-order valence-electron chi connectivity index (χ4n) is 12.2. The molecule has 2 saturated heterocycles. The number of fused-ring (bicyclic) bond motifs is 15. The van der Waals surface area contributed by atoms with Gasteiger partial charge in [0.2, 0.25) is 17.5 Å². The number of aryl methyl sites for hydroxylation is 1. The average Bonchev–Trinajstić information content (AvgIpc) is 1.90. The molecule has 2 aliphatic carbocycles. The number of phenolic OH excluding ortho intramolecular Hbond substituents is 1. The number of ketones is 2. The summed E-state index contributed by atoms with van der Waals surface area (Å²) in [6.07, 6.45) is 7.26. The van der Waals surface area contributed by atoms with Crippen LogP contribution >= 0.6 is 11.6 Å². The maximum atomic E-state index is 16.0. The largest absolute Gasteiger partial charge is 0.507 e. The van der Waals surface area contributed by atoms with Gasteiger partial charge in [-0.2, -0.15) is 0 Å². The fraction of sp³-hybridized carbons (Fsp3) is 0.525. The van der Waals surface area contributed by atoms with Crippen LogP contribution in [0.5, 0.6) is 11.5 Å². The number of aromatic nitrogens is 1. The van der Waals surface area contributed by atoms with Crippen molar-refractivity contribution in [3.8, 4) is 11.5 Å². The minimum absolute atomic E-state index is 0.0135. The maximum Gasteiger partial charge on any atom is 0.302 e. The van der Waals surface area contributed by atoms with Crippen molar-refractivity contribution in [3.63, 3.8) is 0 Å². The first-order valence-corrected chi connectivity index (χ1v) is 28.7. The predicted molar refractivity (Wildman–Crippen MR) is 307 cm³/mol. The number of nitrogens with zero attached hydrogens (tertiary/aromatic N) is 4. The van der Waals surface area contributed by atoms with E-state index < -0.39 is 106 Å². The minimum Gasteiger partial charge on any atom is -0.507 e. The van der Waals surface area contributed by atoms with Gasteiger partial charge >= 0.3 is 5.97 Å². The van der Waals surface area contributed by atoms with Crippen LogP contribution in [0.15, 0.2) is 69.6 Å². The number of aliphatic imine (C=N–C) groups is 1. The lowest BCUT2D eigenvalue weighted by Gasteiger charge is -2.38. The summed E-state index contributed by atoms with van der Waals surface area (Å²) in [5.74, 6) is -9.28. The predicted octanol–water partition coefficient (Wildman–Crippen LogP) is 6.43. The molecule has 5 N–H and O–H groups in total. The molecule has 7 aliphatic rings. The van der Waals surface area contributed by atoms with Crippen molar-refractivity contribution < 1.29 is 67.4 Å². The quantitative estimate of drug-likeness (QED) is 0.145. The van der Waals surface area contributed by atoms with Crippen LogP contribution in [0.2, 0.25) is 5.02 Å². The zero-order chi connectivity index (χ0) is 60.1. The Kier molecular flexibility index (Phi) is 17.8. The molecule has 1 unspecified atom stereocenters. The van der Waals surface area contributed by atoms with E-state index in [1.54, 1.807) is 68.8 Å². The zero-order valence-electron chi connectivity index (χ0n) is 48.5. The van der Waals surface area contributed by atoms with Gasteiger partial charge in [0.25, 0.3) is 11.7 Å². The number of carbonyl (C=O) groups is 5. The summed E-state index contributed by atoms with van der Waals surface area (Å²) in [5.41, 5.74) is -0.227. The minimum atomic E-state index is -1.94. The summed E-state index contributed by atoms with van der Waals surface area (Å²) >= 11 is 7.00. The molecule has 0 spiro atoms. The van der Waals surface area contributed by atoms with E-state index in [2.05, 4.69) is 10.6 Å². The molecule has 446 valence electrons. The third-order valence-electron chi connectivity index (χ3n) is 17.1. The Hall–Kier alpha value is -6.91. The number of benzene rings is 2. The van der Waals surface area contributed by atoms with Gasteiger partial charge in [0.1, 0.15) is 40.5 Å². The van der Waals surface area contributed by atoms with Crippen LogP contribution in [0.4, 0.5) is 10.1 Å². The first kappa shape index (κ1) is 60.7. The molecule has 2 amide bonds. The van der Waals surface area contributed by atoms with E-state index in [0.717, 1.165) is 12.8 Å². The number of aliphatic hydroxyl groups excluding tert-OH is 2. The van der Waals surface area contributed by atoms with Crippen LogP contribution in [-0.2, 0) is 33.3 Å². The van der Waals surface area contributed by atoms with Gasteiger partial charge in [-0.1, -0.05) is 57.5 Å². The third-order valence-corrected chi connectivity index (χ3v) is 17.4. The number of nitrogens with one attached hydrogen (secondary N) is 2. The number of esters is 1. The SMILES string of the molecule is CO[C@H]1/C=C/O[C@@]2(C)Oc3c(C)c(O)c4c(c3/C2=N/CCC(=O)NC2CCN(c3c(F)cc5c(=O)c(C)cn(C6CC6)c5c3Cl)C2)C(=O)C(N2CCOCC2)=C(NC(=O)/C(C)=C\C=C\[C@H](C)[C@H](O)[C@@H](C)[C@@H](O)[C@@H](C)[C@H](OC(C)=O)[C@@H]1C)C4=O. The van der Waals surface area contributed by atoms with Crippen molar-refractivity contribution in [2.75, 3.05) is 57.9 Å². The smallest absolute Gasteiger partial charge is 0.302 e. The fourth-order valence-corrected chi connectivity index (χ4v) is 12.6. The average molecular weight is 1170 g/mol. The first-order chi connectivity index (χ1) is 39.4. The Morgan fingerprint density at radius 3 is 2.33 bits per heavy atom. The van der Waals surface area contributed by atoms with E-state index in [0.29, 0.717) is 24.0 Å². The molecule has 5 aliphatic heterocycles. The lowest BCUT2D eigenvalue weighted by Crippen LogP contribution is -2.46. The standard InChI is InChI=1S/C61H74ClFN6O14/c1-29-12-11-13-30(2)60(78)66-47-50(67-21-24-80-25-22-67)56(77)43-44(55(47)76)54(75)35(7)58-45(43)59(61(9,83-58)81-23-18-41(79-10)32(4)57(82-36(8)70)34(6)53(74)33(5)51(29)72)64-19-16-42(71)65-37-17-20-68(28-37)49-40(63)26-39-48(46(49)62)69(38-14-15-38)27-31(3)52(39)73/h11-13,18,23,26-27,29,32-34,37-38,41,51,53,57,72,74-75H,14-17,19-22,24-25,28H2,1-10H3,(H,65,71)(H,66,78)/b12-11+,23-18+,30-13-,64-59-/t29-,32+,33+,34+,37?,41-,51-,53+,57+,61-/m0/s1. The van der Waals surface area contributed by atoms with Crippen molar-refractivity contribution in [2.45, 2.75) is 130 Å². The van der Waals surface area contributed by atoms with Gasteiger partial charge in [-0.25, -0.2) is 4.39 Å². The highest BCUT2D eigenvalue weighted by Gasteiger charge is 2.52. The summed E-state index contributed by atoms with van der Waals surface area (Å²) in [5, 5.41) is 41.4. The van der Waals surface area contributed by atoms with Crippen molar-refractivity contribution in [1.29, 1.82) is 0 Å². The Bertz CT molecular complexity index is 3360. The van der Waals surface area contributed by atoms with Crippen molar-refractivity contribution in [3.05, 3.63) is 109 Å². The number of aliphatic hydroxyl groups is 2. The summed E-state index contributed by atoms with van der Waals surface area (Å²) < 4.78 is 48.5. The summed E-state index contributed by atoms with van der Waals surface area (Å²) in [6.45, 7) is 15.4. The van der Waals surface area contributed by atoms with Crippen LogP contribution in [0.3, 0.4) is 0 Å². The Morgan fingerprint density at radius 2 is 1.65 bits per heavy atom. The highest BCUT2D eigenvalue weighted by Crippen LogP contribution is 2.50. The lowest BCUT2D eigenvalue weighted by molar-refractivity contribution is -0.160. The number of amides is 2. The van der Waals surface area contributed by atoms with Gasteiger partial charge in [-0.05, 0) is 52.2 Å². The van der Waals surface area contributed by atoms with E-state index in [9.17, 15) is 34.5 Å². The van der Waals surface area contributed by atoms with Crippen LogP contribution in [0.25, 0.3) is 10.9 Å². The molecule has 10 rings (SSSR count). The van der Waals surface area contributed by atoms with Crippen molar-refractivity contribution in [1.82, 2.24) is 20.1 Å². The van der Waals surface area contributed by atoms with Gasteiger partial charge in [0.05, 0.1) is 76.1 Å². The number of hydrogen-bond acceptors (Lipinski definition) is 17. The third kappa shape index (κ3) is 11.7. The zero-order valence-corrected chi connectivity index (χ0v) is 49.2. The number of ether oxygens (including phenoxy) is 5. The first-order valence-electron chi connectivity index (χ1n) is 28.3. The van der Waals surface area contributed by atoms with E-state index >= 15 is 14.0 Å². The second-order valence-electron chi connectivity index (χ2n) is 23.0. The molecule has 1 saturated carbocycles. The molecule has 10 atom stereocenters. The maximum absolute atomic E-state index is 16.0. The number of hydrogen-bond donors (Lipinski definition) is 5. The van der Waals surface area contributed by atoms with Gasteiger partial charge < -0.3 is 64.0 Å². The number of carbonyl (C=O) groups excluding carboxylic acids is 5. The van der Waals surface area contributed by atoms with Crippen molar-refractivity contribution in [2.24, 2.45) is 28.7 Å². The number of phenols is 1. The number of anilines is 1. The van der Waals surface area contributed by atoms with Gasteiger partial charge in [0.15, 0.2) is 5.43 Å². The highest BCUT2D eigenvalue weighted by atomic mass is 35.5. The molecule has 22 heteroatoms. The summed E-state index contributed by atoms with van der Waals surface area (Å²) in [7, 11) is 1.44. The Morgan fingerprint density at radius 1 is 0.940 bits per heavy atom. The number of Topliss-reactive ketones (excluding diaryl/α,β-unsaturated/α-hetero) is 2. The molecule has 20 nitrogen and oxygen atoms in total. The second-order valence-corrected chi connectivity index (χ2v) is 23.3. The molecule has 1 aromatic heterocycles. The summed E-state index contributed by atoms with van der Waals surface area (Å²) in [4.78, 5) is 92.9. The molecule has 3 fully saturated rings. The van der Waals surface area contributed by atoms with E-state index in [4.69, 9.17) is 40.3 Å². The number of rotatable bonds is 9. The number of morpholine rings is 1. The Labute approximate surface area is 485 Å². The number of halogens is 2. The monoisotopic (exact) mass is 1170 g/mol. The topological polar surface area (TPSA) is 257 Å². The molecule has 2 aromatic carbocycles. The van der Waals surface area contributed by atoms with Gasteiger partial charge in [0, 0.05) is 119 Å². The number of methoxy groups -OCH3 is 1. The lowest BCUT2D eigenvalue weighted by atomic mass is 9.78. The van der Waals surface area contributed by atoms with Gasteiger partial charge in [-0.15, -0.1) is 0 Å².